The number of nitrogen functional groups attached to an aromatic ring is 1. The lowest BCUT2D eigenvalue weighted by molar-refractivity contribution is -0.131. The number of amides is 3. The average Bonchev–Trinajstić information content (AvgIpc) is 3.33. The van der Waals surface area contributed by atoms with E-state index in [1.165, 1.54) is 24.3 Å². The smallest absolute Gasteiger partial charge is 0.325 e. The number of hydrogen-bond donors (Lipinski definition) is 3. The lowest BCUT2D eigenvalue weighted by Gasteiger charge is -2.22. The molecule has 2 aliphatic rings. The highest BCUT2D eigenvalue weighted by atomic mass is 19.1. The number of carbonyl (C=O) groups is 2. The van der Waals surface area contributed by atoms with Crippen LogP contribution in [0, 0.1) is 5.82 Å². The Kier molecular flexibility index (Phi) is 4.69. The third-order valence-electron chi connectivity index (χ3n) is 5.32. The zero-order valence-corrected chi connectivity index (χ0v) is 17.3. The first kappa shape index (κ1) is 20.4. The van der Waals surface area contributed by atoms with Crippen LogP contribution in [0.1, 0.15) is 18.3 Å². The zero-order valence-electron chi connectivity index (χ0n) is 17.3. The van der Waals surface area contributed by atoms with E-state index in [1.807, 2.05) is 0 Å². The molecule has 3 aromatic rings. The van der Waals surface area contributed by atoms with Crippen molar-refractivity contribution in [3.63, 3.8) is 0 Å². The summed E-state index contributed by atoms with van der Waals surface area (Å²) in [6.45, 7) is 1.47. The van der Waals surface area contributed by atoms with Gasteiger partial charge in [0.2, 0.25) is 18.7 Å². The van der Waals surface area contributed by atoms with Gasteiger partial charge in [-0.3, -0.25) is 9.69 Å². The number of nitrogens with zero attached hydrogens (tertiary/aromatic N) is 4. The number of hydrogen-bond acceptors (Lipinski definition) is 9. The Morgan fingerprint density at radius 1 is 1.12 bits per heavy atom. The number of halogens is 1. The minimum atomic E-state index is -1.31. The van der Waals surface area contributed by atoms with Crippen LogP contribution < -0.4 is 25.8 Å². The first-order valence-corrected chi connectivity index (χ1v) is 9.89. The van der Waals surface area contributed by atoms with E-state index in [9.17, 15) is 14.0 Å². The molecule has 0 bridgehead atoms. The lowest BCUT2D eigenvalue weighted by Crippen LogP contribution is -2.40. The molecule has 4 N–H and O–H groups in total. The standard InChI is InChI=1S/C21H18FN7O4/c1-21(11-2-7-14-15(8-11)33-10-32-14)17(30)29(20(31)28-21)9-16-25-18(23)27-19(26-16)24-13-5-3-12(22)4-6-13/h2-8H,9-10H2,1H3,(H,28,31)(H3,23,24,25,26,27)/t21-/m1/s1. The van der Waals surface area contributed by atoms with Crippen molar-refractivity contribution in [2.24, 2.45) is 0 Å². The molecular weight excluding hydrogens is 433 g/mol. The molecule has 3 amide bonds. The molecule has 1 aromatic heterocycles. The van der Waals surface area contributed by atoms with E-state index in [0.29, 0.717) is 22.7 Å². The Labute approximate surface area is 186 Å². The van der Waals surface area contributed by atoms with E-state index in [4.69, 9.17) is 15.2 Å². The molecule has 0 saturated carbocycles. The number of carbonyl (C=O) groups excluding carboxylic acids is 2. The second-order valence-corrected chi connectivity index (χ2v) is 7.58. The van der Waals surface area contributed by atoms with Crippen LogP contribution in [-0.4, -0.2) is 38.6 Å². The molecule has 0 radical (unpaired) electrons. The minimum absolute atomic E-state index is 0.0923. The maximum absolute atomic E-state index is 13.3. The Morgan fingerprint density at radius 3 is 2.67 bits per heavy atom. The SMILES string of the molecule is C[C@]1(c2ccc3c(c2)OCO3)NC(=O)N(Cc2nc(N)nc(Nc3ccc(F)cc3)n2)C1=O. The Bertz CT molecular complexity index is 1270. The Hall–Kier alpha value is -4.48. The van der Waals surface area contributed by atoms with Gasteiger partial charge in [-0.1, -0.05) is 6.07 Å². The highest BCUT2D eigenvalue weighted by Crippen LogP contribution is 2.38. The summed E-state index contributed by atoms with van der Waals surface area (Å²) in [4.78, 5) is 39.2. The van der Waals surface area contributed by atoms with Crippen molar-refractivity contribution in [2.75, 3.05) is 17.8 Å². The number of nitrogens with one attached hydrogen (secondary N) is 2. The van der Waals surface area contributed by atoms with Crippen molar-refractivity contribution in [1.29, 1.82) is 0 Å². The van der Waals surface area contributed by atoms with Gasteiger partial charge in [0.1, 0.15) is 11.4 Å². The zero-order chi connectivity index (χ0) is 23.2. The largest absolute Gasteiger partial charge is 0.454 e. The molecule has 0 spiro atoms. The highest BCUT2D eigenvalue weighted by Gasteiger charge is 2.49. The molecule has 3 heterocycles. The lowest BCUT2D eigenvalue weighted by atomic mass is 9.91. The number of urea groups is 1. The van der Waals surface area contributed by atoms with Gasteiger partial charge < -0.3 is 25.8 Å². The van der Waals surface area contributed by atoms with Crippen LogP contribution in [0.3, 0.4) is 0 Å². The first-order valence-electron chi connectivity index (χ1n) is 9.89. The molecule has 12 heteroatoms. The number of benzene rings is 2. The summed E-state index contributed by atoms with van der Waals surface area (Å²) < 4.78 is 23.8. The third-order valence-corrected chi connectivity index (χ3v) is 5.32. The van der Waals surface area contributed by atoms with Crippen LogP contribution >= 0.6 is 0 Å². The van der Waals surface area contributed by atoms with Crippen LogP contribution in [-0.2, 0) is 16.9 Å². The van der Waals surface area contributed by atoms with Crippen molar-refractivity contribution >= 4 is 29.5 Å². The van der Waals surface area contributed by atoms with Crippen LogP contribution in [0.4, 0.5) is 26.8 Å². The summed E-state index contributed by atoms with van der Waals surface area (Å²) in [5.74, 6) is 0.281. The van der Waals surface area contributed by atoms with Gasteiger partial charge >= 0.3 is 6.03 Å². The fourth-order valence-electron chi connectivity index (χ4n) is 3.61. The number of anilines is 3. The van der Waals surface area contributed by atoms with Gasteiger partial charge in [0.05, 0.1) is 6.54 Å². The molecule has 1 fully saturated rings. The molecule has 33 heavy (non-hydrogen) atoms. The van der Waals surface area contributed by atoms with Crippen LogP contribution in [0.15, 0.2) is 42.5 Å². The number of aromatic nitrogens is 3. The van der Waals surface area contributed by atoms with Crippen LogP contribution in [0.5, 0.6) is 11.5 Å². The molecule has 0 unspecified atom stereocenters. The summed E-state index contributed by atoms with van der Waals surface area (Å²) in [5.41, 5.74) is 5.54. The molecule has 2 aromatic carbocycles. The Balaban J connectivity index is 1.38. The third kappa shape index (κ3) is 3.71. The quantitative estimate of drug-likeness (QED) is 0.496. The van der Waals surface area contributed by atoms with Gasteiger partial charge in [0.15, 0.2) is 17.3 Å². The van der Waals surface area contributed by atoms with Gasteiger partial charge in [0.25, 0.3) is 5.91 Å². The highest BCUT2D eigenvalue weighted by molar-refractivity contribution is 6.07. The van der Waals surface area contributed by atoms with Crippen molar-refractivity contribution in [3.8, 4) is 11.5 Å². The average molecular weight is 451 g/mol. The molecule has 1 saturated heterocycles. The van der Waals surface area contributed by atoms with Crippen molar-refractivity contribution in [2.45, 2.75) is 19.0 Å². The normalized spacial score (nSPS) is 19.0. The summed E-state index contributed by atoms with van der Waals surface area (Å²) in [6.07, 6.45) is 0. The fourth-order valence-corrected chi connectivity index (χ4v) is 3.61. The molecule has 168 valence electrons. The molecule has 11 nitrogen and oxygen atoms in total. The summed E-state index contributed by atoms with van der Waals surface area (Å²) in [6, 6.07) is 10.00. The van der Waals surface area contributed by atoms with Gasteiger partial charge in [-0.25, -0.2) is 9.18 Å². The molecule has 5 rings (SSSR count). The summed E-state index contributed by atoms with van der Waals surface area (Å²) >= 11 is 0. The number of nitrogens with two attached hydrogens (primary N) is 1. The minimum Gasteiger partial charge on any atom is -0.454 e. The predicted octanol–water partition coefficient (Wildman–Crippen LogP) is 2.03. The topological polar surface area (TPSA) is 145 Å². The number of fused-ring (bicyclic) bond motifs is 1. The van der Waals surface area contributed by atoms with Gasteiger partial charge in [-0.2, -0.15) is 15.0 Å². The molecule has 0 aliphatic carbocycles. The maximum atomic E-state index is 13.3. The number of rotatable bonds is 5. The van der Waals surface area contributed by atoms with E-state index in [0.717, 1.165) is 4.90 Å². The summed E-state index contributed by atoms with van der Waals surface area (Å²) in [7, 11) is 0. The van der Waals surface area contributed by atoms with Crippen molar-refractivity contribution in [3.05, 3.63) is 59.7 Å². The molecule has 1 atom stereocenters. The van der Waals surface area contributed by atoms with Gasteiger partial charge in [-0.15, -0.1) is 0 Å². The second-order valence-electron chi connectivity index (χ2n) is 7.58. The van der Waals surface area contributed by atoms with E-state index in [2.05, 4.69) is 25.6 Å². The number of imide groups is 1. The molecule has 2 aliphatic heterocycles. The van der Waals surface area contributed by atoms with Crippen LogP contribution in [0.25, 0.3) is 0 Å². The van der Waals surface area contributed by atoms with E-state index < -0.39 is 17.5 Å². The van der Waals surface area contributed by atoms with E-state index >= 15 is 0 Å². The Morgan fingerprint density at radius 2 is 1.88 bits per heavy atom. The maximum Gasteiger partial charge on any atom is 0.325 e. The monoisotopic (exact) mass is 451 g/mol. The van der Waals surface area contributed by atoms with Gasteiger partial charge in [-0.05, 0) is 48.9 Å². The summed E-state index contributed by atoms with van der Waals surface area (Å²) in [5, 5.41) is 5.61. The van der Waals surface area contributed by atoms with E-state index in [1.54, 1.807) is 25.1 Å². The van der Waals surface area contributed by atoms with Crippen LogP contribution in [0.2, 0.25) is 0 Å². The van der Waals surface area contributed by atoms with E-state index in [-0.39, 0.29) is 36.9 Å². The van der Waals surface area contributed by atoms with Gasteiger partial charge in [0, 0.05) is 5.69 Å². The fraction of sp³-hybridized carbons (Fsp3) is 0.190. The number of ether oxygens (including phenoxy) is 2. The second kappa shape index (κ2) is 7.58. The van der Waals surface area contributed by atoms with Crippen molar-refractivity contribution in [1.82, 2.24) is 25.2 Å². The molecular formula is C21H18FN7O4. The van der Waals surface area contributed by atoms with Crippen molar-refractivity contribution < 1.29 is 23.5 Å². The predicted molar refractivity (Wildman–Crippen MR) is 113 cm³/mol. The first-order chi connectivity index (χ1) is 15.8.